The molecule has 11 aromatic rings. The van der Waals surface area contributed by atoms with E-state index < -0.39 is 0 Å². The Morgan fingerprint density at radius 3 is 1.73 bits per heavy atom. The molecule has 11 rings (SSSR count). The van der Waals surface area contributed by atoms with E-state index in [0.717, 1.165) is 38.9 Å². The highest BCUT2D eigenvalue weighted by molar-refractivity contribution is 6.28. The largest absolute Gasteiger partial charge is 0.307 e. The van der Waals surface area contributed by atoms with Gasteiger partial charge in [0.15, 0.2) is 17.5 Å². The first kappa shape index (κ1) is 28.7. The van der Waals surface area contributed by atoms with E-state index in [1.165, 1.54) is 43.4 Å². The van der Waals surface area contributed by atoms with Crippen LogP contribution < -0.4 is 0 Å². The topological polar surface area (TPSA) is 48.0 Å². The van der Waals surface area contributed by atoms with Crippen molar-refractivity contribution in [2.45, 2.75) is 0 Å². The lowest BCUT2D eigenvalue weighted by Crippen LogP contribution is -2.04. The number of nitrogens with zero attached hydrogens (tertiary/aromatic N) is 5. The molecule has 0 spiro atoms. The Balaban J connectivity index is 1.29. The summed E-state index contributed by atoms with van der Waals surface area (Å²) in [6.45, 7) is 0. The molecule has 0 aliphatic carbocycles. The summed E-state index contributed by atoms with van der Waals surface area (Å²) in [5, 5.41) is 7.42. The van der Waals surface area contributed by atoms with Crippen molar-refractivity contribution in [2.75, 3.05) is 0 Å². The number of rotatable bonds is 4. The van der Waals surface area contributed by atoms with Crippen LogP contribution in [0.1, 0.15) is 0 Å². The third kappa shape index (κ3) is 4.20. The predicted molar refractivity (Wildman–Crippen MR) is 214 cm³/mol. The average Bonchev–Trinajstić information content (AvgIpc) is 3.50. The van der Waals surface area contributed by atoms with Gasteiger partial charge in [0.05, 0.1) is 33.3 Å². The Morgan fingerprint density at radius 2 is 0.942 bits per heavy atom. The molecule has 0 unspecified atom stereocenters. The monoisotopic (exact) mass is 663 g/mol. The van der Waals surface area contributed by atoms with Crippen molar-refractivity contribution in [3.8, 4) is 39.9 Å². The van der Waals surface area contributed by atoms with Gasteiger partial charge in [0.25, 0.3) is 0 Å². The summed E-state index contributed by atoms with van der Waals surface area (Å²) in [4.78, 5) is 15.3. The van der Waals surface area contributed by atoms with Crippen molar-refractivity contribution in [3.63, 3.8) is 0 Å². The molecule has 5 nitrogen and oxygen atoms in total. The molecule has 3 aromatic heterocycles. The summed E-state index contributed by atoms with van der Waals surface area (Å²) in [5.74, 6) is 1.89. The fourth-order valence-electron chi connectivity index (χ4n) is 8.08. The first-order valence-corrected chi connectivity index (χ1v) is 17.6. The highest BCUT2D eigenvalue weighted by atomic mass is 15.1. The Kier molecular flexibility index (Phi) is 6.18. The van der Waals surface area contributed by atoms with Crippen LogP contribution in [0.15, 0.2) is 176 Å². The van der Waals surface area contributed by atoms with Crippen molar-refractivity contribution in [2.24, 2.45) is 0 Å². The number of para-hydroxylation sites is 3. The summed E-state index contributed by atoms with van der Waals surface area (Å²) in [6, 6.07) is 62.0. The molecule has 242 valence electrons. The second-order valence-electron chi connectivity index (χ2n) is 13.2. The van der Waals surface area contributed by atoms with Crippen molar-refractivity contribution < 1.29 is 0 Å². The van der Waals surface area contributed by atoms with Crippen molar-refractivity contribution >= 4 is 59.9 Å². The van der Waals surface area contributed by atoms with Crippen LogP contribution in [0.3, 0.4) is 0 Å². The van der Waals surface area contributed by atoms with Crippen LogP contribution in [0.2, 0.25) is 0 Å². The number of aromatic nitrogens is 5. The van der Waals surface area contributed by atoms with Crippen LogP contribution in [0.4, 0.5) is 0 Å². The van der Waals surface area contributed by atoms with E-state index in [1.807, 2.05) is 60.7 Å². The standard InChI is InChI=1S/C47H29N5/c1-3-15-32(16-4-1)45-48-46(33-17-5-2-6-18-33)50-47(49-45)35-21-9-10-22-37(35)51-38-23-11-12-24-39(38)52-41-29-27-30-14-7-8-20-34(30)43(41)36-28-26-31-19-13-25-40(51)42(31)44(36)52/h1-29H. The Bertz CT molecular complexity index is 3090. The van der Waals surface area contributed by atoms with Gasteiger partial charge in [0.2, 0.25) is 0 Å². The van der Waals surface area contributed by atoms with Gasteiger partial charge in [0, 0.05) is 32.8 Å². The fraction of sp³-hybridized carbons (Fsp3) is 0. The van der Waals surface area contributed by atoms with Gasteiger partial charge < -0.3 is 8.97 Å². The molecule has 0 atom stereocenters. The van der Waals surface area contributed by atoms with Gasteiger partial charge in [-0.2, -0.15) is 0 Å². The summed E-state index contributed by atoms with van der Waals surface area (Å²) in [7, 11) is 0. The molecule has 0 saturated heterocycles. The van der Waals surface area contributed by atoms with E-state index in [9.17, 15) is 0 Å². The Hall–Kier alpha value is -7.11. The maximum absolute atomic E-state index is 5.17. The molecule has 0 fully saturated rings. The van der Waals surface area contributed by atoms with Gasteiger partial charge in [-0.25, -0.2) is 15.0 Å². The van der Waals surface area contributed by atoms with Crippen LogP contribution in [0.25, 0.3) is 99.8 Å². The van der Waals surface area contributed by atoms with Crippen molar-refractivity contribution in [3.05, 3.63) is 176 Å². The summed E-state index contributed by atoms with van der Waals surface area (Å²) in [5.41, 5.74) is 9.49. The minimum Gasteiger partial charge on any atom is -0.307 e. The van der Waals surface area contributed by atoms with Crippen LogP contribution in [0.5, 0.6) is 0 Å². The first-order valence-electron chi connectivity index (χ1n) is 17.6. The molecule has 0 bridgehead atoms. The third-order valence-corrected chi connectivity index (χ3v) is 10.3. The molecular formula is C47H29N5. The molecule has 3 heterocycles. The summed E-state index contributed by atoms with van der Waals surface area (Å²) >= 11 is 0. The molecule has 0 aliphatic heterocycles. The fourth-order valence-corrected chi connectivity index (χ4v) is 8.08. The predicted octanol–water partition coefficient (Wildman–Crippen LogP) is 11.7. The number of hydrogen-bond acceptors (Lipinski definition) is 3. The number of fused-ring (bicyclic) bond motifs is 7. The van der Waals surface area contributed by atoms with Crippen molar-refractivity contribution in [1.29, 1.82) is 0 Å². The second-order valence-corrected chi connectivity index (χ2v) is 13.2. The molecule has 0 radical (unpaired) electrons. The summed E-state index contributed by atoms with van der Waals surface area (Å²) in [6.07, 6.45) is 0. The van der Waals surface area contributed by atoms with E-state index in [4.69, 9.17) is 15.0 Å². The SMILES string of the molecule is c1ccc(-c2nc(-c3ccccc3)nc(-c3ccccc3-n3c4cccc5ccc6c7c8ccccc8ccc7n(c7ccccc73)c6c54)n2)cc1. The molecule has 0 N–H and O–H groups in total. The van der Waals surface area contributed by atoms with E-state index in [2.05, 4.69) is 124 Å². The van der Waals surface area contributed by atoms with Gasteiger partial charge in [-0.05, 0) is 52.6 Å². The molecule has 0 aliphatic rings. The highest BCUT2D eigenvalue weighted by Crippen LogP contribution is 2.42. The molecule has 0 saturated carbocycles. The first-order chi connectivity index (χ1) is 25.8. The molecule has 8 aromatic carbocycles. The Morgan fingerprint density at radius 1 is 0.346 bits per heavy atom. The van der Waals surface area contributed by atoms with Crippen LogP contribution in [-0.2, 0) is 0 Å². The molecule has 0 amide bonds. The minimum atomic E-state index is 0.618. The van der Waals surface area contributed by atoms with E-state index in [1.54, 1.807) is 0 Å². The van der Waals surface area contributed by atoms with Crippen molar-refractivity contribution in [1.82, 2.24) is 23.9 Å². The minimum absolute atomic E-state index is 0.618. The lowest BCUT2D eigenvalue weighted by atomic mass is 10.0. The lowest BCUT2D eigenvalue weighted by molar-refractivity contribution is 1.06. The zero-order valence-corrected chi connectivity index (χ0v) is 28.0. The third-order valence-electron chi connectivity index (χ3n) is 10.3. The second kappa shape index (κ2) is 11.2. The van der Waals surface area contributed by atoms with E-state index >= 15 is 0 Å². The summed E-state index contributed by atoms with van der Waals surface area (Å²) < 4.78 is 4.88. The van der Waals surface area contributed by atoms with E-state index in [-0.39, 0.29) is 0 Å². The quantitative estimate of drug-likeness (QED) is 0.188. The smallest absolute Gasteiger partial charge is 0.166 e. The van der Waals surface area contributed by atoms with Gasteiger partial charge in [-0.3, -0.25) is 0 Å². The van der Waals surface area contributed by atoms with Gasteiger partial charge in [-0.1, -0.05) is 140 Å². The van der Waals surface area contributed by atoms with E-state index in [0.29, 0.717) is 17.5 Å². The zero-order valence-electron chi connectivity index (χ0n) is 28.0. The average molecular weight is 664 g/mol. The molecule has 5 heteroatoms. The normalized spacial score (nSPS) is 11.8. The molecule has 52 heavy (non-hydrogen) atoms. The number of benzene rings is 8. The zero-order chi connectivity index (χ0) is 34.2. The maximum atomic E-state index is 5.17. The van der Waals surface area contributed by atoms with Crippen LogP contribution >= 0.6 is 0 Å². The van der Waals surface area contributed by atoms with Crippen LogP contribution in [-0.4, -0.2) is 23.9 Å². The highest BCUT2D eigenvalue weighted by Gasteiger charge is 2.22. The van der Waals surface area contributed by atoms with Gasteiger partial charge >= 0.3 is 0 Å². The van der Waals surface area contributed by atoms with Gasteiger partial charge in [0.1, 0.15) is 0 Å². The Labute approximate surface area is 298 Å². The number of hydrogen-bond donors (Lipinski definition) is 0. The molecular weight excluding hydrogens is 635 g/mol. The van der Waals surface area contributed by atoms with Gasteiger partial charge in [-0.15, -0.1) is 0 Å². The van der Waals surface area contributed by atoms with Crippen LogP contribution in [0, 0.1) is 0 Å². The maximum Gasteiger partial charge on any atom is 0.166 e. The lowest BCUT2D eigenvalue weighted by Gasteiger charge is -2.17.